The molecule has 0 N–H and O–H groups in total. The maximum Gasteiger partial charge on any atom is 0.158 e. The van der Waals surface area contributed by atoms with Crippen molar-refractivity contribution in [3.8, 4) is 17.3 Å². The minimum atomic E-state index is 0.741. The van der Waals surface area contributed by atoms with E-state index in [0.29, 0.717) is 0 Å². The van der Waals surface area contributed by atoms with E-state index in [0.717, 1.165) is 57.9 Å². The van der Waals surface area contributed by atoms with Crippen molar-refractivity contribution < 1.29 is 4.74 Å². The summed E-state index contributed by atoms with van der Waals surface area (Å²) in [7, 11) is 2.09. The van der Waals surface area contributed by atoms with E-state index in [4.69, 9.17) is 9.72 Å². The standard InChI is InChI=1S/C31H25N5O/c1-21-13-16-28-31(33-21)35(20-34(28)2)22-8-7-9-23(18-22)37-24-14-15-26-25-10-3-4-11-27(25)36(29(26)19-24)30-12-5-6-17-32-30/h3-19H,20H2,1-2H3. The Morgan fingerprint density at radius 2 is 1.59 bits per heavy atom. The van der Waals surface area contributed by atoms with Crippen LogP contribution in [0.4, 0.5) is 17.2 Å². The summed E-state index contributed by atoms with van der Waals surface area (Å²) < 4.78 is 8.61. The van der Waals surface area contributed by atoms with E-state index in [1.165, 1.54) is 10.8 Å². The van der Waals surface area contributed by atoms with Crippen LogP contribution in [0.2, 0.25) is 0 Å². The molecule has 0 bridgehead atoms. The number of ether oxygens (including phenoxy) is 1. The van der Waals surface area contributed by atoms with Gasteiger partial charge in [-0.3, -0.25) is 4.57 Å². The third-order valence-electron chi connectivity index (χ3n) is 6.90. The summed E-state index contributed by atoms with van der Waals surface area (Å²) in [6.07, 6.45) is 1.83. The number of fused-ring (bicyclic) bond motifs is 4. The summed E-state index contributed by atoms with van der Waals surface area (Å²) >= 11 is 0. The van der Waals surface area contributed by atoms with Gasteiger partial charge in [-0.05, 0) is 61.5 Å². The van der Waals surface area contributed by atoms with Crippen molar-refractivity contribution in [2.75, 3.05) is 23.5 Å². The van der Waals surface area contributed by atoms with Gasteiger partial charge in [0.05, 0.1) is 23.4 Å². The van der Waals surface area contributed by atoms with Crippen LogP contribution in [-0.4, -0.2) is 28.3 Å². The number of para-hydroxylation sites is 1. The largest absolute Gasteiger partial charge is 0.457 e. The van der Waals surface area contributed by atoms with E-state index in [1.807, 2.05) is 49.5 Å². The number of aryl methyl sites for hydroxylation is 1. The molecule has 1 aliphatic heterocycles. The molecule has 6 nitrogen and oxygen atoms in total. The lowest BCUT2D eigenvalue weighted by Crippen LogP contribution is -2.24. The van der Waals surface area contributed by atoms with E-state index in [9.17, 15) is 0 Å². The van der Waals surface area contributed by atoms with Gasteiger partial charge in [0, 0.05) is 47.5 Å². The molecule has 0 saturated heterocycles. The van der Waals surface area contributed by atoms with Gasteiger partial charge in [0.25, 0.3) is 0 Å². The van der Waals surface area contributed by atoms with E-state index in [2.05, 4.69) is 87.1 Å². The summed E-state index contributed by atoms with van der Waals surface area (Å²) in [5.74, 6) is 3.41. The first-order valence-corrected chi connectivity index (χ1v) is 12.3. The van der Waals surface area contributed by atoms with Gasteiger partial charge in [-0.25, -0.2) is 9.97 Å². The fourth-order valence-corrected chi connectivity index (χ4v) is 5.19. The average molecular weight is 484 g/mol. The van der Waals surface area contributed by atoms with Gasteiger partial charge in [0.1, 0.15) is 17.3 Å². The fourth-order valence-electron chi connectivity index (χ4n) is 5.19. The number of anilines is 3. The zero-order chi connectivity index (χ0) is 24.9. The average Bonchev–Trinajstić information content (AvgIpc) is 3.43. The monoisotopic (exact) mass is 483 g/mol. The Hall–Kier alpha value is -4.84. The first-order valence-electron chi connectivity index (χ1n) is 12.3. The number of aromatic nitrogens is 3. The minimum Gasteiger partial charge on any atom is -0.457 e. The van der Waals surface area contributed by atoms with Crippen LogP contribution >= 0.6 is 0 Å². The van der Waals surface area contributed by atoms with Gasteiger partial charge in [-0.15, -0.1) is 0 Å². The highest BCUT2D eigenvalue weighted by Gasteiger charge is 2.26. The van der Waals surface area contributed by atoms with Crippen LogP contribution in [0.5, 0.6) is 11.5 Å². The molecule has 4 heterocycles. The van der Waals surface area contributed by atoms with Crippen molar-refractivity contribution in [2.24, 2.45) is 0 Å². The van der Waals surface area contributed by atoms with Crippen LogP contribution in [0, 0.1) is 6.92 Å². The van der Waals surface area contributed by atoms with Crippen molar-refractivity contribution in [2.45, 2.75) is 6.92 Å². The second kappa shape index (κ2) is 8.38. The molecule has 6 aromatic rings. The minimum absolute atomic E-state index is 0.741. The summed E-state index contributed by atoms with van der Waals surface area (Å²) in [6, 6.07) is 33.1. The van der Waals surface area contributed by atoms with Gasteiger partial charge in [-0.1, -0.05) is 30.3 Å². The van der Waals surface area contributed by atoms with Crippen LogP contribution in [-0.2, 0) is 0 Å². The molecule has 3 aromatic carbocycles. The van der Waals surface area contributed by atoms with Gasteiger partial charge >= 0.3 is 0 Å². The molecule has 6 heteroatoms. The van der Waals surface area contributed by atoms with Crippen molar-refractivity contribution >= 4 is 39.0 Å². The molecular formula is C31H25N5O. The van der Waals surface area contributed by atoms with Crippen LogP contribution in [0.25, 0.3) is 27.6 Å². The Morgan fingerprint density at radius 3 is 2.49 bits per heavy atom. The van der Waals surface area contributed by atoms with Crippen LogP contribution in [0.15, 0.2) is 103 Å². The van der Waals surface area contributed by atoms with Gasteiger partial charge < -0.3 is 14.5 Å². The van der Waals surface area contributed by atoms with Crippen molar-refractivity contribution in [1.82, 2.24) is 14.5 Å². The van der Waals surface area contributed by atoms with Crippen molar-refractivity contribution in [1.29, 1.82) is 0 Å². The Labute approximate surface area is 215 Å². The van der Waals surface area contributed by atoms with Gasteiger partial charge in [-0.2, -0.15) is 0 Å². The lowest BCUT2D eigenvalue weighted by atomic mass is 10.1. The van der Waals surface area contributed by atoms with E-state index in [1.54, 1.807) is 0 Å². The maximum absolute atomic E-state index is 6.42. The molecule has 3 aromatic heterocycles. The summed E-state index contributed by atoms with van der Waals surface area (Å²) in [6.45, 7) is 2.77. The summed E-state index contributed by atoms with van der Waals surface area (Å²) in [5.41, 5.74) is 5.36. The second-order valence-electron chi connectivity index (χ2n) is 9.38. The van der Waals surface area contributed by atoms with E-state index < -0.39 is 0 Å². The predicted octanol–water partition coefficient (Wildman–Crippen LogP) is 7.22. The van der Waals surface area contributed by atoms with Crippen LogP contribution in [0.1, 0.15) is 5.69 Å². The molecule has 0 atom stereocenters. The highest BCUT2D eigenvalue weighted by molar-refractivity contribution is 6.09. The zero-order valence-electron chi connectivity index (χ0n) is 20.7. The lowest BCUT2D eigenvalue weighted by molar-refractivity contribution is 0.483. The van der Waals surface area contributed by atoms with Crippen molar-refractivity contribution in [3.63, 3.8) is 0 Å². The molecule has 0 radical (unpaired) electrons. The maximum atomic E-state index is 6.42. The molecule has 0 unspecified atom stereocenters. The van der Waals surface area contributed by atoms with Gasteiger partial charge in [0.2, 0.25) is 0 Å². The highest BCUT2D eigenvalue weighted by atomic mass is 16.5. The quantitative estimate of drug-likeness (QED) is 0.265. The van der Waals surface area contributed by atoms with Crippen LogP contribution < -0.4 is 14.5 Å². The third kappa shape index (κ3) is 3.57. The second-order valence-corrected chi connectivity index (χ2v) is 9.38. The number of benzene rings is 3. The van der Waals surface area contributed by atoms with Crippen LogP contribution in [0.3, 0.4) is 0 Å². The number of nitrogens with zero attached hydrogens (tertiary/aromatic N) is 5. The summed E-state index contributed by atoms with van der Waals surface area (Å²) in [5, 5.41) is 2.36. The lowest BCUT2D eigenvalue weighted by Gasteiger charge is -2.19. The number of hydrogen-bond donors (Lipinski definition) is 0. The number of rotatable bonds is 4. The molecule has 0 amide bonds. The predicted molar refractivity (Wildman–Crippen MR) is 149 cm³/mol. The number of hydrogen-bond acceptors (Lipinski definition) is 5. The Bertz CT molecular complexity index is 1780. The normalized spacial score (nSPS) is 12.9. The molecule has 0 spiro atoms. The molecule has 7 rings (SSSR count). The van der Waals surface area contributed by atoms with Crippen molar-refractivity contribution in [3.05, 3.63) is 109 Å². The number of pyridine rings is 2. The topological polar surface area (TPSA) is 46.4 Å². The molecular weight excluding hydrogens is 458 g/mol. The molecule has 0 aliphatic carbocycles. The first-order chi connectivity index (χ1) is 18.2. The third-order valence-corrected chi connectivity index (χ3v) is 6.90. The van der Waals surface area contributed by atoms with Gasteiger partial charge in [0.15, 0.2) is 5.82 Å². The Morgan fingerprint density at radius 1 is 0.757 bits per heavy atom. The SMILES string of the molecule is Cc1ccc2c(n1)N(c1cccc(Oc3ccc4c5ccccc5n(-c5ccccn5)c4c3)c1)CN2C. The Kier molecular flexibility index (Phi) is 4.86. The molecule has 180 valence electrons. The smallest absolute Gasteiger partial charge is 0.158 e. The first kappa shape index (κ1) is 21.4. The molecule has 0 fully saturated rings. The fraction of sp³-hybridized carbons (Fsp3) is 0.0968. The van der Waals surface area contributed by atoms with E-state index in [-0.39, 0.29) is 0 Å². The molecule has 37 heavy (non-hydrogen) atoms. The summed E-state index contributed by atoms with van der Waals surface area (Å²) in [4.78, 5) is 13.9. The zero-order valence-corrected chi connectivity index (χ0v) is 20.7. The Balaban J connectivity index is 1.28. The van der Waals surface area contributed by atoms with E-state index >= 15 is 0 Å². The highest BCUT2D eigenvalue weighted by Crippen LogP contribution is 2.40. The molecule has 1 aliphatic rings. The molecule has 0 saturated carbocycles.